The molecule has 0 aliphatic heterocycles. The molecule has 4 nitrogen and oxygen atoms in total. The Morgan fingerprint density at radius 2 is 1.94 bits per heavy atom. The van der Waals surface area contributed by atoms with Gasteiger partial charge < -0.3 is 20.3 Å². The maximum Gasteiger partial charge on any atom is 0.124 e. The van der Waals surface area contributed by atoms with Crippen molar-refractivity contribution in [3.63, 3.8) is 0 Å². The highest BCUT2D eigenvalue weighted by Crippen LogP contribution is 2.28. The summed E-state index contributed by atoms with van der Waals surface area (Å²) in [6, 6.07) is 5.03. The monoisotopic (exact) mass is 225 g/mol. The first-order valence-corrected chi connectivity index (χ1v) is 5.48. The predicted molar refractivity (Wildman–Crippen MR) is 62.8 cm³/mol. The van der Waals surface area contributed by atoms with E-state index in [1.807, 2.05) is 32.0 Å². The zero-order chi connectivity index (χ0) is 12.0. The molecular weight excluding hydrogens is 206 g/mol. The van der Waals surface area contributed by atoms with Crippen molar-refractivity contribution in [3.8, 4) is 11.5 Å². The van der Waals surface area contributed by atoms with Crippen molar-refractivity contribution >= 4 is 0 Å². The van der Waals surface area contributed by atoms with E-state index in [1.54, 1.807) is 0 Å². The van der Waals surface area contributed by atoms with Crippen LogP contribution in [0.15, 0.2) is 18.2 Å². The van der Waals surface area contributed by atoms with E-state index in [-0.39, 0.29) is 6.61 Å². The first-order valence-electron chi connectivity index (χ1n) is 5.48. The molecule has 0 aliphatic carbocycles. The maximum atomic E-state index is 9.08. The van der Waals surface area contributed by atoms with Crippen molar-refractivity contribution in [2.24, 2.45) is 5.73 Å². The molecule has 0 fully saturated rings. The van der Waals surface area contributed by atoms with E-state index >= 15 is 0 Å². The molecule has 0 saturated heterocycles. The lowest BCUT2D eigenvalue weighted by atomic mass is 10.1. The number of hydrogen-bond donors (Lipinski definition) is 2. The molecular formula is C12H19NO3. The molecule has 1 aromatic rings. The predicted octanol–water partition coefficient (Wildman–Crippen LogP) is 1.48. The molecule has 0 aromatic heterocycles. The zero-order valence-electron chi connectivity index (χ0n) is 9.77. The van der Waals surface area contributed by atoms with Crippen LogP contribution in [0.1, 0.15) is 25.5 Å². The van der Waals surface area contributed by atoms with Gasteiger partial charge in [-0.25, -0.2) is 0 Å². The van der Waals surface area contributed by atoms with Crippen LogP contribution in [0.3, 0.4) is 0 Å². The van der Waals surface area contributed by atoms with Gasteiger partial charge in [0, 0.05) is 5.56 Å². The molecule has 0 heterocycles. The average Bonchev–Trinajstić information content (AvgIpc) is 2.31. The van der Waals surface area contributed by atoms with Gasteiger partial charge in [0.25, 0.3) is 0 Å². The van der Waals surface area contributed by atoms with Crippen molar-refractivity contribution in [2.45, 2.75) is 19.9 Å². The van der Waals surface area contributed by atoms with Gasteiger partial charge in [-0.2, -0.15) is 0 Å². The molecule has 1 atom stereocenters. The van der Waals surface area contributed by atoms with Gasteiger partial charge in [0.2, 0.25) is 0 Å². The van der Waals surface area contributed by atoms with Gasteiger partial charge >= 0.3 is 0 Å². The Hall–Kier alpha value is -1.26. The van der Waals surface area contributed by atoms with Crippen LogP contribution in [0.5, 0.6) is 11.5 Å². The second kappa shape index (κ2) is 6.35. The topological polar surface area (TPSA) is 64.7 Å². The van der Waals surface area contributed by atoms with E-state index in [2.05, 4.69) is 0 Å². The molecule has 0 amide bonds. The van der Waals surface area contributed by atoms with Crippen LogP contribution in [-0.2, 0) is 0 Å². The van der Waals surface area contributed by atoms with E-state index in [4.69, 9.17) is 20.3 Å². The number of ether oxygens (including phenoxy) is 2. The highest BCUT2D eigenvalue weighted by Gasteiger charge is 2.12. The second-order valence-electron chi connectivity index (χ2n) is 3.35. The minimum absolute atomic E-state index is 0.115. The van der Waals surface area contributed by atoms with Gasteiger partial charge in [-0.1, -0.05) is 0 Å². The summed E-state index contributed by atoms with van der Waals surface area (Å²) >= 11 is 0. The fraction of sp³-hybridized carbons (Fsp3) is 0.500. The van der Waals surface area contributed by atoms with Gasteiger partial charge in [0.05, 0.1) is 25.9 Å². The standard InChI is InChI=1S/C12H19NO3/c1-3-15-9-5-6-12(16-4-2)10(7-9)11(13)8-14/h5-7,11,14H,3-4,8,13H2,1-2H3/t11-/m0/s1. The van der Waals surface area contributed by atoms with Crippen LogP contribution < -0.4 is 15.2 Å². The van der Waals surface area contributed by atoms with Crippen LogP contribution in [0.25, 0.3) is 0 Å². The third kappa shape index (κ3) is 3.12. The number of benzene rings is 1. The number of nitrogens with two attached hydrogens (primary N) is 1. The van der Waals surface area contributed by atoms with Crippen LogP contribution in [-0.4, -0.2) is 24.9 Å². The SMILES string of the molecule is CCOc1ccc(OCC)c([C@@H](N)CO)c1. The molecule has 0 spiro atoms. The van der Waals surface area contributed by atoms with Crippen LogP contribution >= 0.6 is 0 Å². The molecule has 0 aliphatic rings. The highest BCUT2D eigenvalue weighted by molar-refractivity contribution is 5.42. The number of aliphatic hydroxyl groups is 1. The van der Waals surface area contributed by atoms with Gasteiger partial charge in [0.1, 0.15) is 11.5 Å². The molecule has 3 N–H and O–H groups in total. The minimum Gasteiger partial charge on any atom is -0.494 e. The van der Waals surface area contributed by atoms with Crippen LogP contribution in [0.4, 0.5) is 0 Å². The summed E-state index contributed by atoms with van der Waals surface area (Å²) in [4.78, 5) is 0. The molecule has 0 unspecified atom stereocenters. The van der Waals surface area contributed by atoms with Gasteiger partial charge in [0.15, 0.2) is 0 Å². The summed E-state index contributed by atoms with van der Waals surface area (Å²) in [5.74, 6) is 1.44. The summed E-state index contributed by atoms with van der Waals surface area (Å²) in [7, 11) is 0. The molecule has 1 aromatic carbocycles. The zero-order valence-corrected chi connectivity index (χ0v) is 9.77. The Balaban J connectivity index is 3.00. The van der Waals surface area contributed by atoms with Gasteiger partial charge in [-0.05, 0) is 32.0 Å². The summed E-state index contributed by atoms with van der Waals surface area (Å²) < 4.78 is 10.8. The first-order chi connectivity index (χ1) is 7.72. The quantitative estimate of drug-likeness (QED) is 0.769. The van der Waals surface area contributed by atoms with Crippen LogP contribution in [0, 0.1) is 0 Å². The number of aliphatic hydroxyl groups excluding tert-OH is 1. The summed E-state index contributed by atoms with van der Waals surface area (Å²) in [6.07, 6.45) is 0. The number of rotatable bonds is 6. The average molecular weight is 225 g/mol. The molecule has 0 bridgehead atoms. The third-order valence-corrected chi connectivity index (χ3v) is 2.19. The smallest absolute Gasteiger partial charge is 0.124 e. The van der Waals surface area contributed by atoms with Crippen molar-refractivity contribution in [2.75, 3.05) is 19.8 Å². The van der Waals surface area contributed by atoms with Crippen molar-refractivity contribution in [1.82, 2.24) is 0 Å². The lowest BCUT2D eigenvalue weighted by Crippen LogP contribution is -2.16. The van der Waals surface area contributed by atoms with Gasteiger partial charge in [-0.15, -0.1) is 0 Å². The Morgan fingerprint density at radius 3 is 2.50 bits per heavy atom. The normalized spacial score (nSPS) is 12.2. The minimum atomic E-state index is -0.443. The first kappa shape index (κ1) is 12.8. The summed E-state index contributed by atoms with van der Waals surface area (Å²) in [6.45, 7) is 4.88. The van der Waals surface area contributed by atoms with Crippen molar-refractivity contribution in [3.05, 3.63) is 23.8 Å². The van der Waals surface area contributed by atoms with Crippen molar-refractivity contribution < 1.29 is 14.6 Å². The third-order valence-electron chi connectivity index (χ3n) is 2.19. The molecule has 90 valence electrons. The fourth-order valence-corrected chi connectivity index (χ4v) is 1.46. The van der Waals surface area contributed by atoms with Gasteiger partial charge in [-0.3, -0.25) is 0 Å². The van der Waals surface area contributed by atoms with E-state index in [1.165, 1.54) is 0 Å². The van der Waals surface area contributed by atoms with Crippen molar-refractivity contribution in [1.29, 1.82) is 0 Å². The summed E-state index contributed by atoms with van der Waals surface area (Å²) in [5.41, 5.74) is 6.58. The Morgan fingerprint density at radius 1 is 1.25 bits per heavy atom. The van der Waals surface area contributed by atoms with E-state index in [0.29, 0.717) is 19.0 Å². The fourth-order valence-electron chi connectivity index (χ4n) is 1.46. The molecule has 0 radical (unpaired) electrons. The lowest BCUT2D eigenvalue weighted by Gasteiger charge is -2.16. The Kier molecular flexibility index (Phi) is 5.08. The van der Waals surface area contributed by atoms with E-state index in [0.717, 1.165) is 11.3 Å². The highest BCUT2D eigenvalue weighted by atomic mass is 16.5. The largest absolute Gasteiger partial charge is 0.494 e. The van der Waals surface area contributed by atoms with E-state index < -0.39 is 6.04 Å². The van der Waals surface area contributed by atoms with E-state index in [9.17, 15) is 0 Å². The Bertz CT molecular complexity index is 328. The lowest BCUT2D eigenvalue weighted by molar-refractivity contribution is 0.260. The summed E-state index contributed by atoms with van der Waals surface area (Å²) in [5, 5.41) is 9.08. The molecule has 4 heteroatoms. The molecule has 0 saturated carbocycles. The molecule has 16 heavy (non-hydrogen) atoms. The molecule has 1 rings (SSSR count). The van der Waals surface area contributed by atoms with Crippen LogP contribution in [0.2, 0.25) is 0 Å². The Labute approximate surface area is 96.0 Å². The maximum absolute atomic E-state index is 9.08. The number of hydrogen-bond acceptors (Lipinski definition) is 4. The second-order valence-corrected chi connectivity index (χ2v) is 3.35.